The lowest BCUT2D eigenvalue weighted by molar-refractivity contribution is -0.385. The standard InChI is InChI=1S/C19H22N2O7/c1-25-15-8-6-5-7-12(15)18(28-4)11-20-19(22)13-9-16(26-2)17(27-3)10-14(13)21(23)24/h5-10,18H,11H2,1-4H3,(H,20,22). The van der Waals surface area contributed by atoms with E-state index >= 15 is 0 Å². The summed E-state index contributed by atoms with van der Waals surface area (Å²) in [6.07, 6.45) is -0.501. The average molecular weight is 390 g/mol. The number of hydrogen-bond donors (Lipinski definition) is 1. The largest absolute Gasteiger partial charge is 0.496 e. The molecule has 0 bridgehead atoms. The van der Waals surface area contributed by atoms with Gasteiger partial charge in [-0.05, 0) is 6.07 Å². The number of carbonyl (C=O) groups is 1. The maximum absolute atomic E-state index is 12.6. The van der Waals surface area contributed by atoms with Gasteiger partial charge >= 0.3 is 0 Å². The van der Waals surface area contributed by atoms with Crippen LogP contribution in [0.3, 0.4) is 0 Å². The van der Waals surface area contributed by atoms with E-state index in [4.69, 9.17) is 18.9 Å². The molecule has 2 aromatic carbocycles. The number of rotatable bonds is 9. The highest BCUT2D eigenvalue weighted by Crippen LogP contribution is 2.34. The number of methoxy groups -OCH3 is 4. The van der Waals surface area contributed by atoms with Crippen LogP contribution >= 0.6 is 0 Å². The van der Waals surface area contributed by atoms with Gasteiger partial charge in [-0.25, -0.2) is 0 Å². The van der Waals surface area contributed by atoms with E-state index in [2.05, 4.69) is 5.32 Å². The fourth-order valence-electron chi connectivity index (χ4n) is 2.73. The van der Waals surface area contributed by atoms with Gasteiger partial charge in [0, 0.05) is 25.3 Å². The highest BCUT2D eigenvalue weighted by atomic mass is 16.6. The third-order valence-electron chi connectivity index (χ3n) is 4.16. The van der Waals surface area contributed by atoms with E-state index < -0.39 is 16.9 Å². The number of nitrogens with one attached hydrogen (secondary N) is 1. The van der Waals surface area contributed by atoms with E-state index in [-0.39, 0.29) is 29.3 Å². The van der Waals surface area contributed by atoms with Crippen molar-refractivity contribution < 1.29 is 28.7 Å². The molecule has 0 fully saturated rings. The molecule has 9 nitrogen and oxygen atoms in total. The van der Waals surface area contributed by atoms with Crippen LogP contribution < -0.4 is 19.5 Å². The Morgan fingerprint density at radius 2 is 1.64 bits per heavy atom. The van der Waals surface area contributed by atoms with Crippen molar-refractivity contribution in [2.75, 3.05) is 35.0 Å². The molecule has 0 saturated heterocycles. The number of benzene rings is 2. The van der Waals surface area contributed by atoms with Gasteiger partial charge in [-0.3, -0.25) is 14.9 Å². The first-order chi connectivity index (χ1) is 13.5. The van der Waals surface area contributed by atoms with Crippen molar-refractivity contribution in [1.82, 2.24) is 5.32 Å². The van der Waals surface area contributed by atoms with Gasteiger partial charge in [0.05, 0.1) is 32.3 Å². The third kappa shape index (κ3) is 4.49. The van der Waals surface area contributed by atoms with E-state index in [0.29, 0.717) is 5.75 Å². The first-order valence-electron chi connectivity index (χ1n) is 8.31. The molecule has 2 rings (SSSR count). The highest BCUT2D eigenvalue weighted by molar-refractivity contribution is 5.99. The van der Waals surface area contributed by atoms with Gasteiger partial charge in [-0.1, -0.05) is 18.2 Å². The number of hydrogen-bond acceptors (Lipinski definition) is 7. The molecule has 0 saturated carbocycles. The number of nitro benzene ring substituents is 1. The van der Waals surface area contributed by atoms with Crippen LogP contribution in [0.15, 0.2) is 36.4 Å². The van der Waals surface area contributed by atoms with Crippen molar-refractivity contribution in [2.24, 2.45) is 0 Å². The third-order valence-corrected chi connectivity index (χ3v) is 4.16. The lowest BCUT2D eigenvalue weighted by atomic mass is 10.1. The van der Waals surface area contributed by atoms with E-state index in [9.17, 15) is 14.9 Å². The molecule has 2 aromatic rings. The van der Waals surface area contributed by atoms with Crippen LogP contribution in [-0.2, 0) is 4.74 Å². The predicted octanol–water partition coefficient (Wildman–Crippen LogP) is 2.74. The first-order valence-corrected chi connectivity index (χ1v) is 8.31. The SMILES string of the molecule is COc1cc(C(=O)NCC(OC)c2ccccc2OC)c([N+](=O)[O-])cc1OC. The van der Waals surface area contributed by atoms with Gasteiger partial charge in [-0.15, -0.1) is 0 Å². The minimum atomic E-state index is -0.648. The summed E-state index contributed by atoms with van der Waals surface area (Å²) in [5.41, 5.74) is 0.216. The molecule has 28 heavy (non-hydrogen) atoms. The molecule has 0 radical (unpaired) electrons. The van der Waals surface area contributed by atoms with Crippen LogP contribution in [0.1, 0.15) is 22.0 Å². The van der Waals surface area contributed by atoms with Crippen molar-refractivity contribution in [3.63, 3.8) is 0 Å². The maximum atomic E-state index is 12.6. The van der Waals surface area contributed by atoms with Crippen LogP contribution in [-0.4, -0.2) is 45.8 Å². The number of nitrogens with zero attached hydrogens (tertiary/aromatic N) is 1. The molecule has 0 aromatic heterocycles. The Labute approximate surface area is 162 Å². The molecule has 0 spiro atoms. The number of nitro groups is 1. The van der Waals surface area contributed by atoms with Gasteiger partial charge in [0.1, 0.15) is 17.4 Å². The summed E-state index contributed by atoms with van der Waals surface area (Å²) in [5, 5.41) is 14.0. The lowest BCUT2D eigenvalue weighted by Crippen LogP contribution is -2.30. The molecule has 1 atom stereocenters. The molecule has 9 heteroatoms. The smallest absolute Gasteiger partial charge is 0.286 e. The summed E-state index contributed by atoms with van der Waals surface area (Å²) in [7, 11) is 5.78. The van der Waals surface area contributed by atoms with E-state index in [0.717, 1.165) is 11.6 Å². The monoisotopic (exact) mass is 390 g/mol. The van der Waals surface area contributed by atoms with Crippen LogP contribution in [0.2, 0.25) is 0 Å². The maximum Gasteiger partial charge on any atom is 0.286 e. The molecule has 150 valence electrons. The topological polar surface area (TPSA) is 109 Å². The lowest BCUT2D eigenvalue weighted by Gasteiger charge is -2.19. The zero-order valence-corrected chi connectivity index (χ0v) is 16.1. The molecular formula is C19H22N2O7. The fraction of sp³-hybridized carbons (Fsp3) is 0.316. The fourth-order valence-corrected chi connectivity index (χ4v) is 2.73. The average Bonchev–Trinajstić information content (AvgIpc) is 2.73. The van der Waals surface area contributed by atoms with E-state index in [1.165, 1.54) is 34.5 Å². The summed E-state index contributed by atoms with van der Waals surface area (Å²) in [6.45, 7) is 0.0845. The zero-order chi connectivity index (χ0) is 20.7. The summed E-state index contributed by atoms with van der Waals surface area (Å²) in [6, 6.07) is 9.67. The Hall–Kier alpha value is -3.33. The molecule has 0 aliphatic heterocycles. The Balaban J connectivity index is 2.27. The van der Waals surface area contributed by atoms with Crippen LogP contribution in [0.5, 0.6) is 17.2 Å². The number of para-hydroxylation sites is 1. The van der Waals surface area contributed by atoms with Crippen molar-refractivity contribution >= 4 is 11.6 Å². The normalized spacial score (nSPS) is 11.4. The minimum absolute atomic E-state index is 0.0845. The Morgan fingerprint density at radius 1 is 1.04 bits per heavy atom. The summed E-state index contributed by atoms with van der Waals surface area (Å²) < 4.78 is 21.0. The van der Waals surface area contributed by atoms with Crippen LogP contribution in [0.25, 0.3) is 0 Å². The van der Waals surface area contributed by atoms with Crippen molar-refractivity contribution in [3.8, 4) is 17.2 Å². The van der Waals surface area contributed by atoms with Gasteiger partial charge in [0.2, 0.25) is 0 Å². The van der Waals surface area contributed by atoms with Crippen LogP contribution in [0.4, 0.5) is 5.69 Å². The molecule has 0 heterocycles. The Morgan fingerprint density at radius 3 is 2.21 bits per heavy atom. The van der Waals surface area contributed by atoms with Crippen molar-refractivity contribution in [1.29, 1.82) is 0 Å². The predicted molar refractivity (Wildman–Crippen MR) is 101 cm³/mol. The van der Waals surface area contributed by atoms with E-state index in [1.54, 1.807) is 6.07 Å². The Bertz CT molecular complexity index is 854. The quantitative estimate of drug-likeness (QED) is 0.518. The summed E-state index contributed by atoms with van der Waals surface area (Å²) in [5.74, 6) is 0.353. The molecule has 0 aliphatic rings. The first kappa shape index (κ1) is 21.0. The molecular weight excluding hydrogens is 368 g/mol. The zero-order valence-electron chi connectivity index (χ0n) is 16.1. The highest BCUT2D eigenvalue weighted by Gasteiger charge is 2.25. The summed E-state index contributed by atoms with van der Waals surface area (Å²) >= 11 is 0. The second-order valence-corrected chi connectivity index (χ2v) is 5.66. The van der Waals surface area contributed by atoms with E-state index in [1.807, 2.05) is 18.2 Å². The van der Waals surface area contributed by atoms with Gasteiger partial charge < -0.3 is 24.3 Å². The van der Waals surface area contributed by atoms with Gasteiger partial charge in [0.15, 0.2) is 11.5 Å². The second-order valence-electron chi connectivity index (χ2n) is 5.66. The van der Waals surface area contributed by atoms with Gasteiger partial charge in [-0.2, -0.15) is 0 Å². The molecule has 1 amide bonds. The number of carbonyl (C=O) groups excluding carboxylic acids is 1. The number of ether oxygens (including phenoxy) is 4. The van der Waals surface area contributed by atoms with Gasteiger partial charge in [0.25, 0.3) is 11.6 Å². The second kappa shape index (κ2) is 9.56. The van der Waals surface area contributed by atoms with Crippen molar-refractivity contribution in [2.45, 2.75) is 6.10 Å². The van der Waals surface area contributed by atoms with Crippen LogP contribution in [0, 0.1) is 10.1 Å². The summed E-state index contributed by atoms with van der Waals surface area (Å²) in [4.78, 5) is 23.4. The van der Waals surface area contributed by atoms with Crippen molar-refractivity contribution in [3.05, 3.63) is 57.6 Å². The molecule has 0 aliphatic carbocycles. The number of amides is 1. The molecule has 1 N–H and O–H groups in total. The minimum Gasteiger partial charge on any atom is -0.496 e. The Kier molecular flexibility index (Phi) is 7.16. The molecule has 1 unspecified atom stereocenters.